The summed E-state index contributed by atoms with van der Waals surface area (Å²) in [7, 11) is 0. The number of hydrogen-bond donors (Lipinski definition) is 2. The van der Waals surface area contributed by atoms with E-state index in [4.69, 9.17) is 0 Å². The molecule has 2 N–H and O–H groups in total. The predicted molar refractivity (Wildman–Crippen MR) is 58.3 cm³/mol. The van der Waals surface area contributed by atoms with Gasteiger partial charge in [0.15, 0.2) is 0 Å². The lowest BCUT2D eigenvalue weighted by Gasteiger charge is -2.13. The number of hydrogen-bond acceptors (Lipinski definition) is 2. The van der Waals surface area contributed by atoms with Gasteiger partial charge in [0.05, 0.1) is 5.92 Å². The van der Waals surface area contributed by atoms with Crippen LogP contribution in [0.25, 0.3) is 0 Å². The minimum Gasteiger partial charge on any atom is -0.317 e. The average Bonchev–Trinajstić information content (AvgIpc) is 2.65. The van der Waals surface area contributed by atoms with E-state index in [0.717, 1.165) is 32.4 Å². The summed E-state index contributed by atoms with van der Waals surface area (Å²) in [5.74, 6) is -1.15. The second-order valence-corrected chi connectivity index (χ2v) is 4.47. The summed E-state index contributed by atoms with van der Waals surface area (Å²) in [6.07, 6.45) is -0.735. The van der Waals surface area contributed by atoms with Gasteiger partial charge in [0.2, 0.25) is 0 Å². The van der Waals surface area contributed by atoms with Crippen molar-refractivity contribution >= 4 is 0 Å². The zero-order valence-electron chi connectivity index (χ0n) is 9.74. The SMILES string of the molecule is CCCCNCCC1CC(C(F)(F)F)CN1. The lowest BCUT2D eigenvalue weighted by Crippen LogP contribution is -2.27. The van der Waals surface area contributed by atoms with Crippen LogP contribution in [0.1, 0.15) is 32.6 Å². The Bertz CT molecular complexity index is 194. The minimum absolute atomic E-state index is 0.0285. The van der Waals surface area contributed by atoms with Gasteiger partial charge in [-0.2, -0.15) is 13.2 Å². The molecule has 0 saturated carbocycles. The molecule has 16 heavy (non-hydrogen) atoms. The molecular weight excluding hydrogens is 217 g/mol. The third kappa shape index (κ3) is 4.70. The Hall–Kier alpha value is -0.290. The maximum absolute atomic E-state index is 12.4. The highest BCUT2D eigenvalue weighted by Gasteiger charge is 2.43. The Labute approximate surface area is 95.0 Å². The maximum Gasteiger partial charge on any atom is 0.393 e. The first-order valence-electron chi connectivity index (χ1n) is 6.05. The molecule has 1 fully saturated rings. The Morgan fingerprint density at radius 3 is 2.62 bits per heavy atom. The van der Waals surface area contributed by atoms with E-state index >= 15 is 0 Å². The van der Waals surface area contributed by atoms with Crippen molar-refractivity contribution in [2.75, 3.05) is 19.6 Å². The molecule has 5 heteroatoms. The van der Waals surface area contributed by atoms with E-state index < -0.39 is 12.1 Å². The Balaban J connectivity index is 2.08. The molecule has 2 atom stereocenters. The number of nitrogens with one attached hydrogen (secondary N) is 2. The van der Waals surface area contributed by atoms with Gasteiger partial charge in [-0.15, -0.1) is 0 Å². The maximum atomic E-state index is 12.4. The van der Waals surface area contributed by atoms with E-state index in [1.54, 1.807) is 0 Å². The van der Waals surface area contributed by atoms with Gasteiger partial charge in [0.1, 0.15) is 0 Å². The van der Waals surface area contributed by atoms with Crippen molar-refractivity contribution in [2.24, 2.45) is 5.92 Å². The fourth-order valence-electron chi connectivity index (χ4n) is 1.99. The van der Waals surface area contributed by atoms with Crippen LogP contribution >= 0.6 is 0 Å². The third-order valence-electron chi connectivity index (χ3n) is 3.06. The second-order valence-electron chi connectivity index (χ2n) is 4.47. The molecule has 1 aliphatic rings. The molecule has 0 bridgehead atoms. The lowest BCUT2D eigenvalue weighted by molar-refractivity contribution is -0.169. The smallest absolute Gasteiger partial charge is 0.317 e. The Kier molecular flexibility index (Phi) is 5.55. The van der Waals surface area contributed by atoms with Crippen LogP contribution < -0.4 is 10.6 Å². The highest BCUT2D eigenvalue weighted by Crippen LogP contribution is 2.32. The van der Waals surface area contributed by atoms with Crippen LogP contribution in [0.15, 0.2) is 0 Å². The summed E-state index contributed by atoms with van der Waals surface area (Å²) < 4.78 is 37.1. The van der Waals surface area contributed by atoms with Crippen LogP contribution in [0.2, 0.25) is 0 Å². The minimum atomic E-state index is -4.03. The van der Waals surface area contributed by atoms with Gasteiger partial charge in [0.25, 0.3) is 0 Å². The molecule has 1 saturated heterocycles. The molecule has 0 aromatic carbocycles. The second kappa shape index (κ2) is 6.45. The van der Waals surface area contributed by atoms with E-state index in [1.807, 2.05) is 0 Å². The topological polar surface area (TPSA) is 24.1 Å². The molecule has 0 aliphatic carbocycles. The molecule has 0 aromatic heterocycles. The molecule has 1 heterocycles. The van der Waals surface area contributed by atoms with Crippen molar-refractivity contribution in [2.45, 2.75) is 44.8 Å². The molecule has 1 rings (SSSR count). The molecule has 2 nitrogen and oxygen atoms in total. The summed E-state index contributed by atoms with van der Waals surface area (Å²) in [6.45, 7) is 3.98. The highest BCUT2D eigenvalue weighted by atomic mass is 19.4. The molecule has 1 aliphatic heterocycles. The average molecular weight is 238 g/mol. The third-order valence-corrected chi connectivity index (χ3v) is 3.06. The van der Waals surface area contributed by atoms with Crippen LogP contribution in [-0.2, 0) is 0 Å². The van der Waals surface area contributed by atoms with E-state index in [2.05, 4.69) is 17.6 Å². The van der Waals surface area contributed by atoms with Crippen molar-refractivity contribution in [1.29, 1.82) is 0 Å². The molecule has 0 aromatic rings. The van der Waals surface area contributed by atoms with Crippen LogP contribution in [-0.4, -0.2) is 31.9 Å². The summed E-state index contributed by atoms with van der Waals surface area (Å²) in [5.41, 5.74) is 0. The van der Waals surface area contributed by atoms with E-state index in [-0.39, 0.29) is 19.0 Å². The van der Waals surface area contributed by atoms with Crippen molar-refractivity contribution < 1.29 is 13.2 Å². The quantitative estimate of drug-likeness (QED) is 0.694. The molecule has 0 spiro atoms. The number of unbranched alkanes of at least 4 members (excludes halogenated alkanes) is 1. The zero-order valence-corrected chi connectivity index (χ0v) is 9.74. The number of rotatable bonds is 6. The van der Waals surface area contributed by atoms with Crippen LogP contribution in [0.5, 0.6) is 0 Å². The normalized spacial score (nSPS) is 26.2. The van der Waals surface area contributed by atoms with Gasteiger partial charge in [0, 0.05) is 12.6 Å². The monoisotopic (exact) mass is 238 g/mol. The summed E-state index contributed by atoms with van der Waals surface area (Å²) in [6, 6.07) is 0.0285. The van der Waals surface area contributed by atoms with Crippen molar-refractivity contribution in [1.82, 2.24) is 10.6 Å². The molecule has 0 radical (unpaired) electrons. The van der Waals surface area contributed by atoms with Gasteiger partial charge in [-0.1, -0.05) is 13.3 Å². The Morgan fingerprint density at radius 2 is 2.06 bits per heavy atom. The summed E-state index contributed by atoms with van der Waals surface area (Å²) in [5, 5.41) is 6.19. The van der Waals surface area contributed by atoms with Gasteiger partial charge < -0.3 is 10.6 Å². The molecule has 0 amide bonds. The highest BCUT2D eigenvalue weighted by molar-refractivity contribution is 4.85. The van der Waals surface area contributed by atoms with E-state index in [9.17, 15) is 13.2 Å². The van der Waals surface area contributed by atoms with Crippen molar-refractivity contribution in [3.63, 3.8) is 0 Å². The van der Waals surface area contributed by atoms with E-state index in [0.29, 0.717) is 0 Å². The van der Waals surface area contributed by atoms with Crippen LogP contribution in [0.4, 0.5) is 13.2 Å². The summed E-state index contributed by atoms with van der Waals surface area (Å²) >= 11 is 0. The lowest BCUT2D eigenvalue weighted by atomic mass is 10.0. The van der Waals surface area contributed by atoms with Gasteiger partial charge >= 0.3 is 6.18 Å². The molecule has 96 valence electrons. The van der Waals surface area contributed by atoms with Gasteiger partial charge in [-0.3, -0.25) is 0 Å². The van der Waals surface area contributed by atoms with Crippen molar-refractivity contribution in [3.05, 3.63) is 0 Å². The number of halogens is 3. The largest absolute Gasteiger partial charge is 0.393 e. The zero-order chi connectivity index (χ0) is 12.0. The molecular formula is C11H21F3N2. The van der Waals surface area contributed by atoms with Crippen LogP contribution in [0.3, 0.4) is 0 Å². The van der Waals surface area contributed by atoms with Crippen LogP contribution in [0, 0.1) is 5.92 Å². The van der Waals surface area contributed by atoms with Crippen molar-refractivity contribution in [3.8, 4) is 0 Å². The first-order valence-corrected chi connectivity index (χ1v) is 6.05. The number of alkyl halides is 3. The molecule has 2 unspecified atom stereocenters. The first-order chi connectivity index (χ1) is 7.54. The van der Waals surface area contributed by atoms with E-state index in [1.165, 1.54) is 0 Å². The first kappa shape index (κ1) is 13.8. The Morgan fingerprint density at radius 1 is 1.31 bits per heavy atom. The van der Waals surface area contributed by atoms with Gasteiger partial charge in [-0.05, 0) is 32.4 Å². The predicted octanol–water partition coefficient (Wildman–Crippen LogP) is 2.31. The fraction of sp³-hybridized carbons (Fsp3) is 1.00. The summed E-state index contributed by atoms with van der Waals surface area (Å²) in [4.78, 5) is 0. The fourth-order valence-corrected chi connectivity index (χ4v) is 1.99. The standard InChI is InChI=1S/C11H21F3N2/c1-2-3-5-15-6-4-10-7-9(8-16-10)11(12,13)14/h9-10,15-16H,2-8H2,1H3. The van der Waals surface area contributed by atoms with Gasteiger partial charge in [-0.25, -0.2) is 0 Å².